The fourth-order valence-electron chi connectivity index (χ4n) is 7.60. The van der Waals surface area contributed by atoms with Crippen molar-refractivity contribution in [2.75, 3.05) is 0 Å². The summed E-state index contributed by atoms with van der Waals surface area (Å²) in [6, 6.07) is 52.9. The van der Waals surface area contributed by atoms with Gasteiger partial charge in [0, 0.05) is 55.7 Å². The van der Waals surface area contributed by atoms with Crippen LogP contribution in [0.25, 0.3) is 0 Å². The van der Waals surface area contributed by atoms with Crippen molar-refractivity contribution in [3.8, 4) is 0 Å². The highest BCUT2D eigenvalue weighted by atomic mass is 16.1. The molecule has 6 aromatic carbocycles. The summed E-state index contributed by atoms with van der Waals surface area (Å²) >= 11 is 0. The van der Waals surface area contributed by atoms with E-state index >= 15 is 0 Å². The monoisotopic (exact) mass is 1260 g/mol. The van der Waals surface area contributed by atoms with Gasteiger partial charge in [-0.2, -0.15) is 0 Å². The molecule has 0 unspecified atom stereocenters. The normalized spacial score (nSPS) is 11.5. The minimum atomic E-state index is -0.302. The topological polar surface area (TPSA) is 102 Å². The molecule has 0 atom stereocenters. The van der Waals surface area contributed by atoms with Crippen molar-refractivity contribution >= 4 is 34.7 Å². The van der Waals surface area contributed by atoms with Crippen molar-refractivity contribution in [3.63, 3.8) is 0 Å². The van der Waals surface area contributed by atoms with Crippen LogP contribution in [0, 0.1) is 33.5 Å². The Morgan fingerprint density at radius 3 is 0.609 bits per heavy atom. The first-order chi connectivity index (χ1) is 41.8. The fraction of sp³-hybridized carbons (Fsp3) is 0.512. The molecule has 6 aromatic rings. The first kappa shape index (κ1) is 87.4. The molecule has 0 aromatic heterocycles. The standard InChI is InChI=1S/2C15H22O.C14H20O.C13H18O.2C9H12.C6H12O.C5H10O/c2*1-14(2,3)12-9-7-11(8-10-12)13(16)15(4,5)6;1-10(2)11-6-8-12(9-7-11)13(15)14(3,4)5;1-9(2)11-5-7-12(8-6-11)13(14)10(3)4;2*1-8(2)9-6-4-3-5-7-9;1-5(7)6(2,3)4;1-4(2)5(3)6/h2*7-10H,1-6H3;6-10H,1-5H3;5-10H,1-4H3;2*3-8H,1-2H3;1-4H3;4H,1-3H3. The molecule has 0 saturated carbocycles. The molecule has 508 valence electrons. The number of ketones is 6. The number of Topliss-reactive ketones (excluding diaryl/α,β-unsaturated/α-hetero) is 6. The minimum absolute atomic E-state index is 0.0832. The van der Waals surface area contributed by atoms with Crippen molar-refractivity contribution in [2.24, 2.45) is 33.5 Å². The van der Waals surface area contributed by atoms with Crippen molar-refractivity contribution in [1.82, 2.24) is 0 Å². The molecule has 6 rings (SSSR count). The number of rotatable bonds is 10. The van der Waals surface area contributed by atoms with Crippen LogP contribution in [-0.2, 0) is 20.4 Å². The Morgan fingerprint density at radius 1 is 0.261 bits per heavy atom. The molecule has 0 N–H and O–H groups in total. The Labute approximate surface area is 563 Å². The molecule has 0 fully saturated rings. The smallest absolute Gasteiger partial charge is 0.168 e. The Balaban J connectivity index is 0. The first-order valence-electron chi connectivity index (χ1n) is 33.5. The van der Waals surface area contributed by atoms with Gasteiger partial charge in [-0.15, -0.1) is 0 Å². The van der Waals surface area contributed by atoms with Crippen LogP contribution >= 0.6 is 0 Å². The Morgan fingerprint density at radius 2 is 0.457 bits per heavy atom. The molecule has 0 radical (unpaired) electrons. The second kappa shape index (κ2) is 39.8. The molecule has 6 nitrogen and oxygen atoms in total. The third kappa shape index (κ3) is 36.0. The Kier molecular flexibility index (Phi) is 37.8. The molecular formula is C86H128O6. The van der Waals surface area contributed by atoms with Crippen LogP contribution in [0.1, 0.15) is 320 Å². The van der Waals surface area contributed by atoms with Crippen molar-refractivity contribution in [1.29, 1.82) is 0 Å². The van der Waals surface area contributed by atoms with E-state index in [4.69, 9.17) is 0 Å². The van der Waals surface area contributed by atoms with E-state index in [-0.39, 0.29) is 79.0 Å². The summed E-state index contributed by atoms with van der Waals surface area (Å²) in [5, 5.41) is 0. The van der Waals surface area contributed by atoms with Gasteiger partial charge < -0.3 is 0 Å². The number of carbonyl (C=O) groups is 6. The largest absolute Gasteiger partial charge is 0.300 e. The van der Waals surface area contributed by atoms with Crippen molar-refractivity contribution in [3.05, 3.63) is 213 Å². The number of carbonyl (C=O) groups excluding carboxylic acids is 6. The van der Waals surface area contributed by atoms with E-state index in [1.807, 2.05) is 196 Å². The molecule has 0 aliphatic rings. The van der Waals surface area contributed by atoms with Gasteiger partial charge in [0.2, 0.25) is 0 Å². The van der Waals surface area contributed by atoms with Crippen molar-refractivity contribution in [2.45, 2.75) is 256 Å². The van der Waals surface area contributed by atoms with Gasteiger partial charge in [0.15, 0.2) is 23.1 Å². The van der Waals surface area contributed by atoms with Gasteiger partial charge in [0.1, 0.15) is 11.6 Å². The van der Waals surface area contributed by atoms with Crippen LogP contribution < -0.4 is 0 Å². The lowest BCUT2D eigenvalue weighted by Crippen LogP contribution is -2.20. The third-order valence-corrected chi connectivity index (χ3v) is 15.1. The van der Waals surface area contributed by atoms with Gasteiger partial charge in [0.05, 0.1) is 0 Å². The predicted molar refractivity (Wildman–Crippen MR) is 399 cm³/mol. The minimum Gasteiger partial charge on any atom is -0.300 e. The van der Waals surface area contributed by atoms with Gasteiger partial charge in [-0.3, -0.25) is 28.8 Å². The molecule has 0 amide bonds. The Hall–Kier alpha value is -6.66. The number of hydrogen-bond donors (Lipinski definition) is 0. The predicted octanol–water partition coefficient (Wildman–Crippen LogP) is 24.6. The summed E-state index contributed by atoms with van der Waals surface area (Å²) in [4.78, 5) is 68.2. The zero-order chi connectivity index (χ0) is 72.1. The summed E-state index contributed by atoms with van der Waals surface area (Å²) in [5.41, 5.74) is 10.4. The van der Waals surface area contributed by atoms with E-state index in [9.17, 15) is 28.8 Å². The average Bonchev–Trinajstić information content (AvgIpc) is 0.894. The molecule has 0 saturated heterocycles. The van der Waals surface area contributed by atoms with Crippen LogP contribution in [0.3, 0.4) is 0 Å². The Bertz CT molecular complexity index is 2950. The molecule has 0 heterocycles. The van der Waals surface area contributed by atoms with Gasteiger partial charge in [-0.1, -0.05) is 365 Å². The van der Waals surface area contributed by atoms with Crippen LogP contribution in [0.5, 0.6) is 0 Å². The van der Waals surface area contributed by atoms with Crippen LogP contribution in [0.4, 0.5) is 0 Å². The zero-order valence-corrected chi connectivity index (χ0v) is 63.9. The maximum atomic E-state index is 12.0. The second-order valence-corrected chi connectivity index (χ2v) is 32.2. The first-order valence-corrected chi connectivity index (χ1v) is 33.5. The summed E-state index contributed by atoms with van der Waals surface area (Å²) < 4.78 is 0. The summed E-state index contributed by atoms with van der Waals surface area (Å²) in [5.74, 6) is 3.99. The molecule has 0 aliphatic heterocycles. The molecule has 0 bridgehead atoms. The second-order valence-electron chi connectivity index (χ2n) is 32.2. The number of hydrogen-bond acceptors (Lipinski definition) is 6. The summed E-state index contributed by atoms with van der Waals surface area (Å²) in [7, 11) is 0. The van der Waals surface area contributed by atoms with E-state index in [1.54, 1.807) is 13.8 Å². The maximum Gasteiger partial charge on any atom is 0.168 e. The maximum absolute atomic E-state index is 12.0. The van der Waals surface area contributed by atoms with Crippen LogP contribution in [0.2, 0.25) is 0 Å². The zero-order valence-electron chi connectivity index (χ0n) is 63.9. The van der Waals surface area contributed by atoms with Gasteiger partial charge in [-0.25, -0.2) is 0 Å². The highest BCUT2D eigenvalue weighted by molar-refractivity contribution is 6.01. The SMILES string of the molecule is CC(=O)C(C)(C)C.CC(=O)C(C)C.CC(C)(C)C(=O)c1ccc(C(C)(C)C)cc1.CC(C)(C)C(=O)c1ccc(C(C)(C)C)cc1.CC(C)C(=O)c1ccc(C(C)C)cc1.CC(C)c1ccc(C(=O)C(C)(C)C)cc1.CC(C)c1ccccc1.CC(C)c1ccccc1. The van der Waals surface area contributed by atoms with E-state index in [1.165, 1.54) is 33.4 Å². The molecule has 6 heteroatoms. The fourth-order valence-corrected chi connectivity index (χ4v) is 7.60. The molecule has 0 spiro atoms. The van der Waals surface area contributed by atoms with E-state index < -0.39 is 0 Å². The number of benzene rings is 6. The third-order valence-electron chi connectivity index (χ3n) is 15.1. The van der Waals surface area contributed by atoms with Gasteiger partial charge >= 0.3 is 0 Å². The van der Waals surface area contributed by atoms with Crippen molar-refractivity contribution < 1.29 is 28.8 Å². The van der Waals surface area contributed by atoms with E-state index in [2.05, 4.69) is 170 Å². The van der Waals surface area contributed by atoms with E-state index in [0.717, 1.165) is 22.3 Å². The lowest BCUT2D eigenvalue weighted by atomic mass is 9.83. The molecule has 92 heavy (non-hydrogen) atoms. The summed E-state index contributed by atoms with van der Waals surface area (Å²) in [6.45, 7) is 64.6. The lowest BCUT2D eigenvalue weighted by Gasteiger charge is -2.20. The summed E-state index contributed by atoms with van der Waals surface area (Å²) in [6.07, 6.45) is 0. The highest BCUT2D eigenvalue weighted by Crippen LogP contribution is 2.28. The van der Waals surface area contributed by atoms with Gasteiger partial charge in [0.25, 0.3) is 0 Å². The molecular weight excluding hydrogens is 1130 g/mol. The quantitative estimate of drug-likeness (QED) is 0.127. The van der Waals surface area contributed by atoms with E-state index in [0.29, 0.717) is 23.7 Å². The lowest BCUT2D eigenvalue weighted by molar-refractivity contribution is -0.124. The molecule has 0 aliphatic carbocycles. The average molecular weight is 1260 g/mol. The van der Waals surface area contributed by atoms with Gasteiger partial charge in [-0.05, 0) is 81.7 Å². The highest BCUT2D eigenvalue weighted by Gasteiger charge is 2.26. The van der Waals surface area contributed by atoms with Crippen LogP contribution in [-0.4, -0.2) is 34.7 Å². The van der Waals surface area contributed by atoms with Crippen LogP contribution in [0.15, 0.2) is 158 Å².